The van der Waals surface area contributed by atoms with E-state index in [1.807, 2.05) is 0 Å². The van der Waals surface area contributed by atoms with Gasteiger partial charge >= 0.3 is 0 Å². The molecule has 0 radical (unpaired) electrons. The van der Waals surface area contributed by atoms with Gasteiger partial charge in [0.25, 0.3) is 5.91 Å². The Morgan fingerprint density at radius 2 is 2.06 bits per heavy atom. The van der Waals surface area contributed by atoms with Gasteiger partial charge in [0.15, 0.2) is 0 Å². The summed E-state index contributed by atoms with van der Waals surface area (Å²) in [5.41, 5.74) is 6.45. The molecule has 1 aromatic heterocycles. The highest BCUT2D eigenvalue weighted by Crippen LogP contribution is 2.11. The average molecular weight is 215 g/mol. The molecule has 0 aliphatic heterocycles. The molecule has 0 aliphatic rings. The molecule has 80 valence electrons. The van der Waals surface area contributed by atoms with E-state index in [1.165, 1.54) is 12.4 Å². The molecule has 2 aromatic rings. The van der Waals surface area contributed by atoms with Crippen LogP contribution in [0.4, 0.5) is 11.6 Å². The van der Waals surface area contributed by atoms with Crippen molar-refractivity contribution in [2.24, 2.45) is 0 Å². The maximum atomic E-state index is 11.7. The normalized spacial score (nSPS) is 9.75. The summed E-state index contributed by atoms with van der Waals surface area (Å²) in [5, 5.41) is 9.73. The fourth-order valence-corrected chi connectivity index (χ4v) is 1.18. The second kappa shape index (κ2) is 4.35. The molecule has 3 N–H and O–H groups in total. The van der Waals surface area contributed by atoms with Crippen LogP contribution in [0, 0.1) is 0 Å². The molecule has 1 amide bonds. The van der Waals surface area contributed by atoms with E-state index in [9.17, 15) is 4.79 Å². The van der Waals surface area contributed by atoms with Crippen molar-refractivity contribution in [1.82, 2.24) is 15.2 Å². The molecule has 0 spiro atoms. The van der Waals surface area contributed by atoms with Gasteiger partial charge in [0.1, 0.15) is 0 Å². The highest BCUT2D eigenvalue weighted by atomic mass is 16.1. The van der Waals surface area contributed by atoms with Crippen molar-refractivity contribution in [2.75, 3.05) is 11.1 Å². The maximum absolute atomic E-state index is 11.7. The largest absolute Gasteiger partial charge is 0.398 e. The molecule has 0 aliphatic carbocycles. The molecular formula is C10H9N5O. The van der Waals surface area contributed by atoms with E-state index in [2.05, 4.69) is 20.5 Å². The zero-order valence-corrected chi connectivity index (χ0v) is 8.29. The minimum absolute atomic E-state index is 0.149. The molecule has 0 unspecified atom stereocenters. The van der Waals surface area contributed by atoms with Gasteiger partial charge in [-0.2, -0.15) is 5.10 Å². The molecule has 0 saturated carbocycles. The highest BCUT2D eigenvalue weighted by molar-refractivity contribution is 6.06. The van der Waals surface area contributed by atoms with Crippen LogP contribution in [0.15, 0.2) is 36.7 Å². The van der Waals surface area contributed by atoms with E-state index >= 15 is 0 Å². The number of para-hydroxylation sites is 1. The van der Waals surface area contributed by atoms with Gasteiger partial charge in [-0.15, -0.1) is 5.10 Å². The summed E-state index contributed by atoms with van der Waals surface area (Å²) in [6, 6.07) is 6.77. The number of hydrogen-bond donors (Lipinski definition) is 2. The first-order valence-corrected chi connectivity index (χ1v) is 4.57. The number of nitrogen functional groups attached to an aromatic ring is 1. The number of nitrogens with one attached hydrogen (secondary N) is 1. The molecule has 0 atom stereocenters. The van der Waals surface area contributed by atoms with Crippen molar-refractivity contribution >= 4 is 17.5 Å². The van der Waals surface area contributed by atoms with Gasteiger partial charge in [-0.3, -0.25) is 10.1 Å². The number of carbonyl (C=O) groups excluding carboxylic acids is 1. The zero-order valence-electron chi connectivity index (χ0n) is 8.29. The zero-order chi connectivity index (χ0) is 11.4. The fraction of sp³-hybridized carbons (Fsp3) is 0. The van der Waals surface area contributed by atoms with Crippen LogP contribution >= 0.6 is 0 Å². The van der Waals surface area contributed by atoms with Crippen molar-refractivity contribution in [2.45, 2.75) is 0 Å². The van der Waals surface area contributed by atoms with Gasteiger partial charge in [-0.25, -0.2) is 4.98 Å². The van der Waals surface area contributed by atoms with Gasteiger partial charge in [-0.1, -0.05) is 12.1 Å². The Labute approximate surface area is 91.5 Å². The number of hydrogen-bond acceptors (Lipinski definition) is 5. The second-order valence-corrected chi connectivity index (χ2v) is 3.01. The Hall–Kier alpha value is -2.50. The van der Waals surface area contributed by atoms with Crippen LogP contribution in [-0.4, -0.2) is 21.1 Å². The molecule has 1 heterocycles. The van der Waals surface area contributed by atoms with Crippen molar-refractivity contribution in [3.05, 3.63) is 42.2 Å². The summed E-state index contributed by atoms with van der Waals surface area (Å²) in [7, 11) is 0. The first-order valence-electron chi connectivity index (χ1n) is 4.57. The lowest BCUT2D eigenvalue weighted by Gasteiger charge is -2.04. The molecule has 16 heavy (non-hydrogen) atoms. The lowest BCUT2D eigenvalue weighted by atomic mass is 10.2. The predicted molar refractivity (Wildman–Crippen MR) is 58.6 cm³/mol. The van der Waals surface area contributed by atoms with Crippen LogP contribution in [0.2, 0.25) is 0 Å². The number of carbonyl (C=O) groups is 1. The number of benzene rings is 1. The van der Waals surface area contributed by atoms with Gasteiger partial charge in [0, 0.05) is 5.69 Å². The third-order valence-corrected chi connectivity index (χ3v) is 1.91. The van der Waals surface area contributed by atoms with Crippen molar-refractivity contribution < 1.29 is 4.79 Å². The third-order valence-electron chi connectivity index (χ3n) is 1.91. The predicted octanol–water partition coefficient (Wildman–Crippen LogP) is 0.706. The first-order chi connectivity index (χ1) is 7.77. The van der Waals surface area contributed by atoms with Crippen molar-refractivity contribution in [3.63, 3.8) is 0 Å². The molecule has 0 saturated heterocycles. The Morgan fingerprint density at radius 3 is 2.75 bits per heavy atom. The van der Waals surface area contributed by atoms with Gasteiger partial charge in [-0.05, 0) is 12.1 Å². The van der Waals surface area contributed by atoms with Crippen LogP contribution < -0.4 is 11.1 Å². The summed E-state index contributed by atoms with van der Waals surface area (Å²) in [4.78, 5) is 15.6. The summed E-state index contributed by atoms with van der Waals surface area (Å²) < 4.78 is 0. The van der Waals surface area contributed by atoms with Crippen LogP contribution in [0.3, 0.4) is 0 Å². The lowest BCUT2D eigenvalue weighted by molar-refractivity contribution is 0.102. The van der Waals surface area contributed by atoms with Crippen LogP contribution in [0.1, 0.15) is 10.4 Å². The molecule has 0 fully saturated rings. The minimum atomic E-state index is -0.355. The number of nitrogens with zero attached hydrogens (tertiary/aromatic N) is 3. The molecular weight excluding hydrogens is 206 g/mol. The third kappa shape index (κ3) is 2.11. The monoisotopic (exact) mass is 215 g/mol. The van der Waals surface area contributed by atoms with Crippen LogP contribution in [0.25, 0.3) is 0 Å². The number of nitrogens with two attached hydrogens (primary N) is 1. The average Bonchev–Trinajstić information content (AvgIpc) is 2.31. The Kier molecular flexibility index (Phi) is 2.73. The summed E-state index contributed by atoms with van der Waals surface area (Å²) in [5.74, 6) is -0.207. The molecule has 0 bridgehead atoms. The number of rotatable bonds is 2. The Morgan fingerprint density at radius 1 is 1.25 bits per heavy atom. The summed E-state index contributed by atoms with van der Waals surface area (Å²) in [6.07, 6.45) is 2.86. The molecule has 6 heteroatoms. The van der Waals surface area contributed by atoms with Gasteiger partial charge in [0.05, 0.1) is 18.0 Å². The number of aromatic nitrogens is 3. The Balaban J connectivity index is 2.19. The smallest absolute Gasteiger partial charge is 0.260 e. The topological polar surface area (TPSA) is 93.8 Å². The molecule has 6 nitrogen and oxygen atoms in total. The fourth-order valence-electron chi connectivity index (χ4n) is 1.18. The van der Waals surface area contributed by atoms with E-state index < -0.39 is 0 Å². The van der Waals surface area contributed by atoms with E-state index in [-0.39, 0.29) is 11.9 Å². The SMILES string of the molecule is Nc1ccccc1C(=O)Nc1nccnn1. The standard InChI is InChI=1S/C10H9N5O/c11-8-4-2-1-3-7(8)9(16)14-10-12-5-6-13-15-10/h1-6H,11H2,(H,12,14,15,16). The second-order valence-electron chi connectivity index (χ2n) is 3.01. The van der Waals surface area contributed by atoms with Crippen LogP contribution in [-0.2, 0) is 0 Å². The summed E-state index contributed by atoms with van der Waals surface area (Å²) in [6.45, 7) is 0. The number of amides is 1. The minimum Gasteiger partial charge on any atom is -0.398 e. The van der Waals surface area contributed by atoms with E-state index in [4.69, 9.17) is 5.73 Å². The van der Waals surface area contributed by atoms with Gasteiger partial charge in [0.2, 0.25) is 5.95 Å². The highest BCUT2D eigenvalue weighted by Gasteiger charge is 2.09. The van der Waals surface area contributed by atoms with Gasteiger partial charge < -0.3 is 5.73 Å². The Bertz CT molecular complexity index is 500. The van der Waals surface area contributed by atoms with Crippen LogP contribution in [0.5, 0.6) is 0 Å². The maximum Gasteiger partial charge on any atom is 0.260 e. The van der Waals surface area contributed by atoms with E-state index in [1.54, 1.807) is 24.3 Å². The number of anilines is 2. The lowest BCUT2D eigenvalue weighted by Crippen LogP contribution is -2.15. The quantitative estimate of drug-likeness (QED) is 0.719. The van der Waals surface area contributed by atoms with E-state index in [0.29, 0.717) is 11.3 Å². The van der Waals surface area contributed by atoms with Crippen molar-refractivity contribution in [1.29, 1.82) is 0 Å². The van der Waals surface area contributed by atoms with E-state index in [0.717, 1.165) is 0 Å². The molecule has 1 aromatic carbocycles. The first kappa shape index (κ1) is 10.0. The summed E-state index contributed by atoms with van der Waals surface area (Å²) >= 11 is 0. The molecule has 2 rings (SSSR count). The van der Waals surface area contributed by atoms with Crippen molar-refractivity contribution in [3.8, 4) is 0 Å².